The predicted octanol–water partition coefficient (Wildman–Crippen LogP) is 2.75. The average Bonchev–Trinajstić information content (AvgIpc) is 3.21. The van der Waals surface area contributed by atoms with Gasteiger partial charge in [0.15, 0.2) is 5.96 Å². The van der Waals surface area contributed by atoms with Crippen molar-refractivity contribution >= 4 is 5.96 Å². The number of hydrogen-bond donors (Lipinski definition) is 2. The first kappa shape index (κ1) is 21.8. The Labute approximate surface area is 168 Å². The normalized spacial score (nSPS) is 11.5. The number of imidazole rings is 1. The third kappa shape index (κ3) is 8.00. The van der Waals surface area contributed by atoms with Crippen LogP contribution < -0.4 is 15.4 Å². The second-order valence-electron chi connectivity index (χ2n) is 6.43. The lowest BCUT2D eigenvalue weighted by molar-refractivity contribution is 0.110. The van der Waals surface area contributed by atoms with Crippen LogP contribution in [0.1, 0.15) is 31.4 Å². The van der Waals surface area contributed by atoms with E-state index < -0.39 is 0 Å². The molecule has 2 aromatic rings. The molecule has 7 nitrogen and oxygen atoms in total. The number of aryl methyl sites for hydroxylation is 2. The Hall–Kier alpha value is -2.54. The molecule has 0 aliphatic rings. The molecule has 7 heteroatoms. The highest BCUT2D eigenvalue weighted by molar-refractivity contribution is 5.79. The topological polar surface area (TPSA) is 72.7 Å². The predicted molar refractivity (Wildman–Crippen MR) is 113 cm³/mol. The molecule has 1 aromatic carbocycles. The fourth-order valence-electron chi connectivity index (χ4n) is 2.68. The van der Waals surface area contributed by atoms with Crippen molar-refractivity contribution in [2.24, 2.45) is 4.99 Å². The van der Waals surface area contributed by atoms with Gasteiger partial charge in [-0.25, -0.2) is 9.98 Å². The molecule has 0 unspecified atom stereocenters. The summed E-state index contributed by atoms with van der Waals surface area (Å²) in [5, 5.41) is 6.68. The molecule has 2 N–H and O–H groups in total. The number of ether oxygens (including phenoxy) is 2. The SMILES string of the molecule is CCNC(=NCc1ccc(C)cc1OCCOCC)NCCCn1ccnc1. The van der Waals surface area contributed by atoms with Crippen molar-refractivity contribution in [3.05, 3.63) is 48.0 Å². The fourth-order valence-corrected chi connectivity index (χ4v) is 2.68. The quantitative estimate of drug-likeness (QED) is 0.333. The summed E-state index contributed by atoms with van der Waals surface area (Å²) in [6, 6.07) is 6.23. The molecule has 2 rings (SSSR count). The maximum Gasteiger partial charge on any atom is 0.191 e. The van der Waals surface area contributed by atoms with Crippen LogP contribution in [0.3, 0.4) is 0 Å². The minimum Gasteiger partial charge on any atom is -0.491 e. The number of benzene rings is 1. The molecule has 0 saturated carbocycles. The minimum absolute atomic E-state index is 0.542. The van der Waals surface area contributed by atoms with Crippen molar-refractivity contribution < 1.29 is 9.47 Å². The molecule has 0 aliphatic carbocycles. The number of aliphatic imine (C=N–C) groups is 1. The largest absolute Gasteiger partial charge is 0.491 e. The van der Waals surface area contributed by atoms with Crippen molar-refractivity contribution in [1.82, 2.24) is 20.2 Å². The van der Waals surface area contributed by atoms with Gasteiger partial charge in [-0.1, -0.05) is 12.1 Å². The van der Waals surface area contributed by atoms with Gasteiger partial charge < -0.3 is 24.7 Å². The standard InChI is InChI=1S/C21H33N5O2/c1-4-23-21(24-9-6-11-26-12-10-22-17-26)25-16-19-8-7-18(3)15-20(19)28-14-13-27-5-2/h7-8,10,12,15,17H,4-6,9,11,13-14,16H2,1-3H3,(H2,23,24,25). The third-order valence-electron chi connectivity index (χ3n) is 4.11. The summed E-state index contributed by atoms with van der Waals surface area (Å²) in [5.41, 5.74) is 2.24. The van der Waals surface area contributed by atoms with Gasteiger partial charge in [-0.2, -0.15) is 0 Å². The molecule has 0 fully saturated rings. The maximum atomic E-state index is 5.91. The summed E-state index contributed by atoms with van der Waals surface area (Å²) < 4.78 is 13.3. The molecular weight excluding hydrogens is 354 g/mol. The van der Waals surface area contributed by atoms with E-state index in [-0.39, 0.29) is 0 Å². The van der Waals surface area contributed by atoms with Crippen molar-refractivity contribution in [2.75, 3.05) is 32.9 Å². The third-order valence-corrected chi connectivity index (χ3v) is 4.11. The Kier molecular flexibility index (Phi) is 9.93. The van der Waals surface area contributed by atoms with Gasteiger partial charge in [0.25, 0.3) is 0 Å². The molecule has 0 spiro atoms. The van der Waals surface area contributed by atoms with Crippen LogP contribution in [-0.2, 0) is 17.8 Å². The van der Waals surface area contributed by atoms with Gasteiger partial charge in [0.05, 0.1) is 19.5 Å². The van der Waals surface area contributed by atoms with Crippen molar-refractivity contribution in [3.8, 4) is 5.75 Å². The second kappa shape index (κ2) is 12.8. The molecule has 28 heavy (non-hydrogen) atoms. The average molecular weight is 388 g/mol. The molecule has 0 amide bonds. The maximum absolute atomic E-state index is 5.91. The molecule has 0 aliphatic heterocycles. The molecule has 154 valence electrons. The summed E-state index contributed by atoms with van der Waals surface area (Å²) >= 11 is 0. The number of hydrogen-bond acceptors (Lipinski definition) is 4. The first-order valence-electron chi connectivity index (χ1n) is 10.0. The first-order chi connectivity index (χ1) is 13.7. The molecule has 0 saturated heterocycles. The van der Waals surface area contributed by atoms with Crippen LogP contribution in [0.5, 0.6) is 5.75 Å². The molecule has 0 radical (unpaired) electrons. The van der Waals surface area contributed by atoms with E-state index in [0.717, 1.165) is 43.3 Å². The Bertz CT molecular complexity index is 701. The van der Waals surface area contributed by atoms with Gasteiger partial charge in [-0.05, 0) is 38.8 Å². The fraction of sp³-hybridized carbons (Fsp3) is 0.524. The van der Waals surface area contributed by atoms with Crippen molar-refractivity contribution in [2.45, 2.75) is 40.3 Å². The summed E-state index contributed by atoms with van der Waals surface area (Å²) in [5.74, 6) is 1.69. The zero-order valence-electron chi connectivity index (χ0n) is 17.3. The molecule has 1 aromatic heterocycles. The van der Waals surface area contributed by atoms with Gasteiger partial charge in [0, 0.05) is 44.2 Å². The lowest BCUT2D eigenvalue weighted by Gasteiger charge is -2.14. The minimum atomic E-state index is 0.542. The Morgan fingerprint density at radius 1 is 1.21 bits per heavy atom. The summed E-state index contributed by atoms with van der Waals surface area (Å²) in [7, 11) is 0. The van der Waals surface area contributed by atoms with E-state index in [1.165, 1.54) is 5.56 Å². The van der Waals surface area contributed by atoms with Crippen LogP contribution in [0, 0.1) is 6.92 Å². The van der Waals surface area contributed by atoms with E-state index in [1.807, 2.05) is 19.4 Å². The van der Waals surface area contributed by atoms with Crippen LogP contribution in [-0.4, -0.2) is 48.4 Å². The Morgan fingerprint density at radius 2 is 2.11 bits per heavy atom. The van der Waals surface area contributed by atoms with Crippen LogP contribution in [0.25, 0.3) is 0 Å². The van der Waals surface area contributed by atoms with Gasteiger partial charge in [-0.3, -0.25) is 0 Å². The van der Waals surface area contributed by atoms with Crippen molar-refractivity contribution in [3.63, 3.8) is 0 Å². The van der Waals surface area contributed by atoms with Gasteiger partial charge in [0.1, 0.15) is 12.4 Å². The van der Waals surface area contributed by atoms with Gasteiger partial charge >= 0.3 is 0 Å². The van der Waals surface area contributed by atoms with Crippen molar-refractivity contribution in [1.29, 1.82) is 0 Å². The van der Waals surface area contributed by atoms with Crippen LogP contribution in [0.15, 0.2) is 41.9 Å². The lowest BCUT2D eigenvalue weighted by atomic mass is 10.1. The molecule has 1 heterocycles. The molecule has 0 bridgehead atoms. The highest BCUT2D eigenvalue weighted by Gasteiger charge is 2.05. The van der Waals surface area contributed by atoms with Gasteiger partial charge in [0.2, 0.25) is 0 Å². The second-order valence-corrected chi connectivity index (χ2v) is 6.43. The summed E-state index contributed by atoms with van der Waals surface area (Å²) in [4.78, 5) is 8.78. The lowest BCUT2D eigenvalue weighted by Crippen LogP contribution is -2.38. The molecular formula is C21H33N5O2. The summed E-state index contributed by atoms with van der Waals surface area (Å²) in [6.07, 6.45) is 6.61. The highest BCUT2D eigenvalue weighted by atomic mass is 16.5. The smallest absolute Gasteiger partial charge is 0.191 e. The van der Waals surface area contributed by atoms with E-state index in [4.69, 9.17) is 14.5 Å². The zero-order valence-corrected chi connectivity index (χ0v) is 17.3. The number of nitrogens with one attached hydrogen (secondary N) is 2. The first-order valence-corrected chi connectivity index (χ1v) is 10.0. The number of nitrogens with zero attached hydrogens (tertiary/aromatic N) is 3. The van der Waals surface area contributed by atoms with E-state index in [9.17, 15) is 0 Å². The van der Waals surface area contributed by atoms with Crippen LogP contribution in [0.2, 0.25) is 0 Å². The van der Waals surface area contributed by atoms with E-state index in [0.29, 0.717) is 26.4 Å². The van der Waals surface area contributed by atoms with Gasteiger partial charge in [-0.15, -0.1) is 0 Å². The highest BCUT2D eigenvalue weighted by Crippen LogP contribution is 2.21. The number of rotatable bonds is 12. The Balaban J connectivity index is 1.89. The Morgan fingerprint density at radius 3 is 2.86 bits per heavy atom. The van der Waals surface area contributed by atoms with E-state index in [2.05, 4.69) is 52.2 Å². The van der Waals surface area contributed by atoms with E-state index >= 15 is 0 Å². The number of aromatic nitrogens is 2. The number of guanidine groups is 1. The van der Waals surface area contributed by atoms with Crippen LogP contribution >= 0.6 is 0 Å². The zero-order chi connectivity index (χ0) is 20.0. The van der Waals surface area contributed by atoms with E-state index in [1.54, 1.807) is 6.20 Å². The molecule has 0 atom stereocenters. The summed E-state index contributed by atoms with van der Waals surface area (Å²) in [6.45, 7) is 11.1. The monoisotopic (exact) mass is 387 g/mol. The van der Waals surface area contributed by atoms with Crippen LogP contribution in [0.4, 0.5) is 0 Å².